The topological polar surface area (TPSA) is 146 Å². The Bertz CT molecular complexity index is 692. The molecule has 13 nitrogen and oxygen atoms in total. The van der Waals surface area contributed by atoms with E-state index in [9.17, 15) is 14.9 Å². The van der Waals surface area contributed by atoms with Crippen molar-refractivity contribution in [2.75, 3.05) is 86.3 Å². The first kappa shape index (κ1) is 32.6. The Kier molecular flexibility index (Phi) is 21.1. The van der Waals surface area contributed by atoms with E-state index in [0.717, 1.165) is 19.3 Å². The Balaban J connectivity index is 1.75. The zero-order chi connectivity index (χ0) is 26.8. The average molecular weight is 533 g/mol. The minimum Gasteiger partial charge on any atom is -0.434 e. The third kappa shape index (κ3) is 20.4. The second kappa shape index (κ2) is 24.0. The number of nitrogens with one attached hydrogen (secondary N) is 1. The first-order valence-electron chi connectivity index (χ1n) is 12.4. The van der Waals surface area contributed by atoms with Gasteiger partial charge in [-0.3, -0.25) is 15.0 Å². The summed E-state index contributed by atoms with van der Waals surface area (Å²) < 4.78 is 36.4. The van der Waals surface area contributed by atoms with Crippen molar-refractivity contribution < 1.29 is 47.7 Å². The molecule has 0 bridgehead atoms. The van der Waals surface area contributed by atoms with Crippen molar-refractivity contribution in [3.63, 3.8) is 0 Å². The zero-order valence-corrected chi connectivity index (χ0v) is 21.6. The summed E-state index contributed by atoms with van der Waals surface area (Å²) >= 11 is 0. The Labute approximate surface area is 217 Å². The number of unbranched alkanes of at least 4 members (excludes halogenated alkanes) is 3. The molecule has 1 aromatic rings. The molecule has 37 heavy (non-hydrogen) atoms. The van der Waals surface area contributed by atoms with Crippen molar-refractivity contribution in [3.05, 3.63) is 34.4 Å². The fourth-order valence-corrected chi connectivity index (χ4v) is 2.72. The molecule has 13 heteroatoms. The van der Waals surface area contributed by atoms with Gasteiger partial charge in [0.25, 0.3) is 5.69 Å². The van der Waals surface area contributed by atoms with Crippen LogP contribution < -0.4 is 10.2 Å². The number of hydrogen-bond donors (Lipinski definition) is 1. The van der Waals surface area contributed by atoms with Crippen molar-refractivity contribution in [3.8, 4) is 5.75 Å². The lowest BCUT2D eigenvalue weighted by atomic mass is 10.2. The van der Waals surface area contributed by atoms with Gasteiger partial charge in [-0.1, -0.05) is 6.42 Å². The molecule has 0 aliphatic rings. The van der Waals surface area contributed by atoms with Gasteiger partial charge in [0, 0.05) is 32.4 Å². The van der Waals surface area contributed by atoms with E-state index in [1.165, 1.54) is 24.3 Å². The molecule has 0 aromatic heterocycles. The summed E-state index contributed by atoms with van der Waals surface area (Å²) in [4.78, 5) is 26.9. The molecule has 0 spiro atoms. The lowest BCUT2D eigenvalue weighted by molar-refractivity contribution is -0.384. The highest BCUT2D eigenvalue weighted by Crippen LogP contribution is 2.17. The van der Waals surface area contributed by atoms with E-state index in [0.29, 0.717) is 79.0 Å². The maximum atomic E-state index is 11.6. The molecule has 1 aromatic carbocycles. The molecule has 0 aliphatic carbocycles. The van der Waals surface area contributed by atoms with Crippen LogP contribution in [0.5, 0.6) is 5.75 Å². The fourth-order valence-electron chi connectivity index (χ4n) is 2.72. The van der Waals surface area contributed by atoms with Crippen LogP contribution in [0.4, 0.5) is 10.5 Å². The van der Waals surface area contributed by atoms with E-state index in [1.54, 1.807) is 7.11 Å². The van der Waals surface area contributed by atoms with Crippen molar-refractivity contribution in [1.82, 2.24) is 5.48 Å². The van der Waals surface area contributed by atoms with Crippen LogP contribution in [-0.4, -0.2) is 97.4 Å². The largest absolute Gasteiger partial charge is 0.513 e. The van der Waals surface area contributed by atoms with Gasteiger partial charge in [0.2, 0.25) is 0 Å². The summed E-state index contributed by atoms with van der Waals surface area (Å²) in [6.07, 6.45) is 2.63. The fraction of sp³-hybridized carbons (Fsp3) is 0.708. The predicted molar refractivity (Wildman–Crippen MR) is 133 cm³/mol. The summed E-state index contributed by atoms with van der Waals surface area (Å²) in [7, 11) is 1.63. The van der Waals surface area contributed by atoms with E-state index >= 15 is 0 Å². The van der Waals surface area contributed by atoms with Crippen molar-refractivity contribution in [2.24, 2.45) is 0 Å². The molecule has 0 saturated heterocycles. The van der Waals surface area contributed by atoms with E-state index in [2.05, 4.69) is 5.48 Å². The molecule has 0 aliphatic heterocycles. The molecule has 0 unspecified atom stereocenters. The Hall–Kier alpha value is -2.39. The van der Waals surface area contributed by atoms with Gasteiger partial charge < -0.3 is 33.2 Å². The monoisotopic (exact) mass is 532 g/mol. The van der Waals surface area contributed by atoms with Gasteiger partial charge in [0.15, 0.2) is 0 Å². The second-order valence-electron chi connectivity index (χ2n) is 7.55. The highest BCUT2D eigenvalue weighted by Gasteiger charge is 2.09. The first-order valence-corrected chi connectivity index (χ1v) is 12.4. The van der Waals surface area contributed by atoms with Crippen molar-refractivity contribution in [1.29, 1.82) is 0 Å². The summed E-state index contributed by atoms with van der Waals surface area (Å²) in [5.41, 5.74) is 2.73. The van der Waals surface area contributed by atoms with Gasteiger partial charge in [-0.05, 0) is 31.4 Å². The predicted octanol–water partition coefficient (Wildman–Crippen LogP) is 2.90. The summed E-state index contributed by atoms with van der Waals surface area (Å²) in [5, 5.41) is 10.6. The Morgan fingerprint density at radius 1 is 0.757 bits per heavy atom. The molecule has 0 saturated carbocycles. The van der Waals surface area contributed by atoms with Gasteiger partial charge >= 0.3 is 6.16 Å². The van der Waals surface area contributed by atoms with Crippen molar-refractivity contribution >= 4 is 11.8 Å². The molecule has 1 rings (SSSR count). The molecule has 212 valence electrons. The van der Waals surface area contributed by atoms with Gasteiger partial charge in [0.1, 0.15) is 5.75 Å². The number of nitrogens with zero attached hydrogens (tertiary/aromatic N) is 1. The number of rotatable bonds is 25. The molecular weight excluding hydrogens is 492 g/mol. The number of carbonyl (C=O) groups excluding carboxylic acids is 1. The number of non-ortho nitro benzene ring substituents is 1. The van der Waals surface area contributed by atoms with Crippen LogP contribution in [-0.2, 0) is 33.3 Å². The van der Waals surface area contributed by atoms with E-state index < -0.39 is 11.1 Å². The smallest absolute Gasteiger partial charge is 0.434 e. The number of hydroxylamine groups is 1. The Morgan fingerprint density at radius 2 is 1.32 bits per heavy atom. The van der Waals surface area contributed by atoms with Crippen LogP contribution in [0.15, 0.2) is 24.3 Å². The maximum Gasteiger partial charge on any atom is 0.513 e. The minimum absolute atomic E-state index is 0.0786. The van der Waals surface area contributed by atoms with Crippen LogP contribution >= 0.6 is 0 Å². The number of ether oxygens (including phenoxy) is 7. The van der Waals surface area contributed by atoms with Gasteiger partial charge in [-0.2, -0.15) is 0 Å². The van der Waals surface area contributed by atoms with E-state index in [4.69, 9.17) is 38.0 Å². The van der Waals surface area contributed by atoms with Crippen LogP contribution in [0.3, 0.4) is 0 Å². The number of benzene rings is 1. The SMILES string of the molecule is COCCOCCOCCNOCCOCCOCCCCCCOC(=O)Oc1ccc([N+](=O)[O-])cc1. The van der Waals surface area contributed by atoms with Crippen LogP contribution in [0, 0.1) is 10.1 Å². The number of carbonyl (C=O) groups is 1. The Morgan fingerprint density at radius 3 is 1.97 bits per heavy atom. The second-order valence-corrected chi connectivity index (χ2v) is 7.55. The normalized spacial score (nSPS) is 10.9. The molecular formula is C24H40N2O11. The number of nitro benzene ring substituents is 1. The van der Waals surface area contributed by atoms with Gasteiger partial charge in [0.05, 0.1) is 71.0 Å². The van der Waals surface area contributed by atoms with E-state index in [1.807, 2.05) is 0 Å². The highest BCUT2D eigenvalue weighted by atomic mass is 16.7. The van der Waals surface area contributed by atoms with Crippen LogP contribution in [0.25, 0.3) is 0 Å². The number of nitro groups is 1. The lowest BCUT2D eigenvalue weighted by Gasteiger charge is -2.08. The minimum atomic E-state index is -0.831. The van der Waals surface area contributed by atoms with Gasteiger partial charge in [-0.25, -0.2) is 10.3 Å². The van der Waals surface area contributed by atoms with Crippen LogP contribution in [0.2, 0.25) is 0 Å². The standard InChI is InChI=1S/C24H40N2O11/c1-30-14-15-33-19-17-32-13-10-25-36-21-20-34-18-16-31-11-4-2-3-5-12-35-24(27)37-23-8-6-22(7-9-23)26(28)29/h6-9,25H,2-5,10-21H2,1H3. The molecule has 0 radical (unpaired) electrons. The maximum absolute atomic E-state index is 11.6. The average Bonchev–Trinajstić information content (AvgIpc) is 2.89. The highest BCUT2D eigenvalue weighted by molar-refractivity contribution is 5.63. The van der Waals surface area contributed by atoms with E-state index in [-0.39, 0.29) is 18.0 Å². The molecule has 0 fully saturated rings. The summed E-state index contributed by atoms with van der Waals surface area (Å²) in [6, 6.07) is 5.21. The molecule has 1 N–H and O–H groups in total. The summed E-state index contributed by atoms with van der Waals surface area (Å²) in [5.74, 6) is 0.193. The summed E-state index contributed by atoms with van der Waals surface area (Å²) in [6.45, 7) is 6.16. The van der Waals surface area contributed by atoms with Gasteiger partial charge in [-0.15, -0.1) is 0 Å². The van der Waals surface area contributed by atoms with Crippen molar-refractivity contribution in [2.45, 2.75) is 25.7 Å². The third-order valence-electron chi connectivity index (χ3n) is 4.61. The van der Waals surface area contributed by atoms with Crippen LogP contribution in [0.1, 0.15) is 25.7 Å². The quantitative estimate of drug-likeness (QED) is 0.0649. The third-order valence-corrected chi connectivity index (χ3v) is 4.61. The lowest BCUT2D eigenvalue weighted by Crippen LogP contribution is -2.23. The first-order chi connectivity index (χ1) is 18.1. The zero-order valence-electron chi connectivity index (χ0n) is 21.6. The number of methoxy groups -OCH3 is 1. The molecule has 0 heterocycles. The molecule has 0 atom stereocenters. The number of hydrogen-bond acceptors (Lipinski definition) is 12. The molecule has 0 amide bonds.